The first-order valence-corrected chi connectivity index (χ1v) is 7.95. The molecule has 0 amide bonds. The van der Waals surface area contributed by atoms with E-state index in [2.05, 4.69) is 20.6 Å². The lowest BCUT2D eigenvalue weighted by atomic mass is 10.2. The van der Waals surface area contributed by atoms with Gasteiger partial charge in [-0.2, -0.15) is 0 Å². The molecule has 0 aliphatic carbocycles. The summed E-state index contributed by atoms with van der Waals surface area (Å²) in [4.78, 5) is 8.54. The minimum absolute atomic E-state index is 0. The van der Waals surface area contributed by atoms with Crippen LogP contribution in [0.1, 0.15) is 12.6 Å². The minimum Gasteiger partial charge on any atom is -0.493 e. The maximum Gasteiger partial charge on any atom is 0.195 e. The number of pyridine rings is 1. The largest absolute Gasteiger partial charge is 0.493 e. The molecule has 0 fully saturated rings. The Kier molecular flexibility index (Phi) is 9.68. The van der Waals surface area contributed by atoms with Crippen molar-refractivity contribution < 1.29 is 9.47 Å². The predicted molar refractivity (Wildman–Crippen MR) is 113 cm³/mol. The second kappa shape index (κ2) is 11.5. The molecule has 2 N–H and O–H groups in total. The molecule has 0 saturated carbocycles. The molecule has 2 aromatic rings. The van der Waals surface area contributed by atoms with Crippen LogP contribution in [0, 0.1) is 0 Å². The minimum atomic E-state index is 0. The highest BCUT2D eigenvalue weighted by molar-refractivity contribution is 14.0. The molecule has 7 heteroatoms. The molecule has 0 bridgehead atoms. The Morgan fingerprint density at radius 2 is 2.04 bits per heavy atom. The zero-order chi connectivity index (χ0) is 17.2. The number of aliphatic imine (C=N–C) groups is 1. The van der Waals surface area contributed by atoms with Gasteiger partial charge in [0.2, 0.25) is 0 Å². The fraction of sp³-hybridized carbons (Fsp3) is 0.333. The molecule has 0 aliphatic heterocycles. The van der Waals surface area contributed by atoms with Crippen molar-refractivity contribution in [2.24, 2.45) is 4.99 Å². The third kappa shape index (κ3) is 6.77. The van der Waals surface area contributed by atoms with Gasteiger partial charge in [0.15, 0.2) is 17.5 Å². The fourth-order valence-corrected chi connectivity index (χ4v) is 2.19. The van der Waals surface area contributed by atoms with Gasteiger partial charge in [-0.05, 0) is 31.2 Å². The van der Waals surface area contributed by atoms with Gasteiger partial charge in [0.05, 0.1) is 13.7 Å². The van der Waals surface area contributed by atoms with Crippen molar-refractivity contribution in [2.75, 3.05) is 32.6 Å². The number of ether oxygens (including phenoxy) is 2. The molecule has 2 rings (SSSR count). The van der Waals surface area contributed by atoms with E-state index < -0.39 is 0 Å². The van der Waals surface area contributed by atoms with Crippen LogP contribution in [0.2, 0.25) is 0 Å². The summed E-state index contributed by atoms with van der Waals surface area (Å²) >= 11 is 0. The van der Waals surface area contributed by atoms with E-state index in [1.807, 2.05) is 43.3 Å². The average molecular weight is 456 g/mol. The summed E-state index contributed by atoms with van der Waals surface area (Å²) in [5.74, 6) is 2.10. The average Bonchev–Trinajstić information content (AvgIpc) is 2.63. The van der Waals surface area contributed by atoms with Crippen LogP contribution in [0.25, 0.3) is 0 Å². The monoisotopic (exact) mass is 456 g/mol. The van der Waals surface area contributed by atoms with Gasteiger partial charge >= 0.3 is 0 Å². The highest BCUT2D eigenvalue weighted by atomic mass is 127. The summed E-state index contributed by atoms with van der Waals surface area (Å²) in [5.41, 5.74) is 1.92. The Morgan fingerprint density at radius 3 is 2.68 bits per heavy atom. The second-order valence-corrected chi connectivity index (χ2v) is 4.99. The molecule has 1 aromatic heterocycles. The van der Waals surface area contributed by atoms with Crippen LogP contribution >= 0.6 is 24.0 Å². The number of benzene rings is 1. The van der Waals surface area contributed by atoms with Gasteiger partial charge in [0.1, 0.15) is 0 Å². The maximum atomic E-state index is 5.52. The van der Waals surface area contributed by atoms with Gasteiger partial charge in [-0.3, -0.25) is 9.98 Å². The zero-order valence-corrected chi connectivity index (χ0v) is 17.1. The molecule has 6 nitrogen and oxygen atoms in total. The van der Waals surface area contributed by atoms with Crippen molar-refractivity contribution in [1.82, 2.24) is 10.3 Å². The molecule has 0 saturated heterocycles. The van der Waals surface area contributed by atoms with Crippen LogP contribution in [-0.4, -0.2) is 38.3 Å². The lowest BCUT2D eigenvalue weighted by Crippen LogP contribution is -2.32. The zero-order valence-electron chi connectivity index (χ0n) is 14.8. The number of hydrogen-bond donors (Lipinski definition) is 2. The van der Waals surface area contributed by atoms with Gasteiger partial charge in [0.25, 0.3) is 0 Å². The molecule has 25 heavy (non-hydrogen) atoms. The molecule has 1 heterocycles. The highest BCUT2D eigenvalue weighted by Gasteiger charge is 2.06. The molecular formula is C18H25IN4O2. The summed E-state index contributed by atoms with van der Waals surface area (Å²) in [6.45, 7) is 3.28. The Hall–Kier alpha value is -2.03. The van der Waals surface area contributed by atoms with Crippen LogP contribution in [0.3, 0.4) is 0 Å². The number of rotatable bonds is 7. The number of aromatic nitrogens is 1. The van der Waals surface area contributed by atoms with E-state index in [4.69, 9.17) is 9.47 Å². The van der Waals surface area contributed by atoms with E-state index in [1.165, 1.54) is 0 Å². The maximum absolute atomic E-state index is 5.52. The summed E-state index contributed by atoms with van der Waals surface area (Å²) in [5, 5.41) is 6.51. The number of methoxy groups -OCH3 is 1. The van der Waals surface area contributed by atoms with E-state index in [9.17, 15) is 0 Å². The third-order valence-electron chi connectivity index (χ3n) is 3.35. The Bertz CT molecular complexity index is 665. The normalized spacial score (nSPS) is 10.6. The lowest BCUT2D eigenvalue weighted by molar-refractivity contribution is 0.311. The van der Waals surface area contributed by atoms with Gasteiger partial charge in [-0.1, -0.05) is 6.07 Å². The standard InChI is InChI=1S/C18H24N4O2.HI/c1-4-24-16-9-8-15(13-17(16)23-3)22-18(19-2)21-12-10-14-7-5-6-11-20-14;/h5-9,11,13H,4,10,12H2,1-3H3,(H2,19,21,22);1H. The van der Waals surface area contributed by atoms with Crippen LogP contribution in [0.4, 0.5) is 5.69 Å². The van der Waals surface area contributed by atoms with Crippen LogP contribution in [0.15, 0.2) is 47.6 Å². The molecule has 0 spiro atoms. The third-order valence-corrected chi connectivity index (χ3v) is 3.35. The number of nitrogens with one attached hydrogen (secondary N) is 2. The van der Waals surface area contributed by atoms with Gasteiger partial charge in [0, 0.05) is 43.7 Å². The van der Waals surface area contributed by atoms with E-state index in [0.29, 0.717) is 18.3 Å². The van der Waals surface area contributed by atoms with Gasteiger partial charge < -0.3 is 20.1 Å². The number of hydrogen-bond acceptors (Lipinski definition) is 4. The molecule has 0 radical (unpaired) electrons. The summed E-state index contributed by atoms with van der Waals surface area (Å²) in [6.07, 6.45) is 2.63. The van der Waals surface area contributed by atoms with Gasteiger partial charge in [-0.25, -0.2) is 0 Å². The molecule has 0 aliphatic rings. The predicted octanol–water partition coefficient (Wildman–Crippen LogP) is 3.34. The first-order chi connectivity index (χ1) is 11.8. The number of anilines is 1. The summed E-state index contributed by atoms with van der Waals surface area (Å²) in [6, 6.07) is 11.6. The van der Waals surface area contributed by atoms with Crippen LogP contribution in [0.5, 0.6) is 11.5 Å². The lowest BCUT2D eigenvalue weighted by Gasteiger charge is -2.14. The van der Waals surface area contributed by atoms with Crippen LogP contribution in [-0.2, 0) is 6.42 Å². The van der Waals surface area contributed by atoms with Crippen molar-refractivity contribution in [3.63, 3.8) is 0 Å². The van der Waals surface area contributed by atoms with E-state index in [1.54, 1.807) is 20.4 Å². The Morgan fingerprint density at radius 1 is 1.20 bits per heavy atom. The second-order valence-electron chi connectivity index (χ2n) is 4.99. The number of halogens is 1. The number of nitrogens with zero attached hydrogens (tertiary/aromatic N) is 2. The van der Waals surface area contributed by atoms with Crippen LogP contribution < -0.4 is 20.1 Å². The SMILES string of the molecule is CCOc1ccc(NC(=NC)NCCc2ccccn2)cc1OC.I. The van der Waals surface area contributed by atoms with E-state index in [0.717, 1.165) is 30.1 Å². The smallest absolute Gasteiger partial charge is 0.195 e. The number of guanidine groups is 1. The van der Waals surface area contributed by atoms with Crippen molar-refractivity contribution in [1.29, 1.82) is 0 Å². The van der Waals surface area contributed by atoms with Gasteiger partial charge in [-0.15, -0.1) is 24.0 Å². The first kappa shape index (κ1) is 21.0. The van der Waals surface area contributed by atoms with E-state index >= 15 is 0 Å². The highest BCUT2D eigenvalue weighted by Crippen LogP contribution is 2.30. The fourth-order valence-electron chi connectivity index (χ4n) is 2.19. The molecule has 1 aromatic carbocycles. The van der Waals surface area contributed by atoms with Crippen molar-refractivity contribution in [3.05, 3.63) is 48.3 Å². The van der Waals surface area contributed by atoms with E-state index in [-0.39, 0.29) is 24.0 Å². The molecule has 136 valence electrons. The molecular weight excluding hydrogens is 431 g/mol. The first-order valence-electron chi connectivity index (χ1n) is 7.95. The van der Waals surface area contributed by atoms with Crippen molar-refractivity contribution in [2.45, 2.75) is 13.3 Å². The van der Waals surface area contributed by atoms with Crippen molar-refractivity contribution in [3.8, 4) is 11.5 Å². The summed E-state index contributed by atoms with van der Waals surface area (Å²) in [7, 11) is 3.36. The summed E-state index contributed by atoms with van der Waals surface area (Å²) < 4.78 is 10.9. The Labute approximate surface area is 166 Å². The Balaban J connectivity index is 0.00000312. The molecule has 0 atom stereocenters. The topological polar surface area (TPSA) is 67.8 Å². The van der Waals surface area contributed by atoms with Crippen molar-refractivity contribution >= 4 is 35.6 Å². The molecule has 0 unspecified atom stereocenters. The quantitative estimate of drug-likeness (QED) is 0.380.